The fourth-order valence-corrected chi connectivity index (χ4v) is 4.61. The van der Waals surface area contributed by atoms with Crippen LogP contribution in [0.25, 0.3) is 10.9 Å². The molecule has 0 spiro atoms. The van der Waals surface area contributed by atoms with E-state index in [1.807, 2.05) is 32.3 Å². The number of hydrogen-bond acceptors (Lipinski definition) is 4. The van der Waals surface area contributed by atoms with Gasteiger partial charge in [0.15, 0.2) is 11.0 Å². The molecular formula is C28H36F3N3O2. The van der Waals surface area contributed by atoms with Gasteiger partial charge in [-0.25, -0.2) is 0 Å². The van der Waals surface area contributed by atoms with Gasteiger partial charge < -0.3 is 19.9 Å². The second-order valence-corrected chi connectivity index (χ2v) is 10.4. The molecule has 1 aromatic heterocycles. The van der Waals surface area contributed by atoms with Crippen molar-refractivity contribution in [1.82, 2.24) is 14.8 Å². The zero-order valence-electron chi connectivity index (χ0n) is 21.4. The van der Waals surface area contributed by atoms with E-state index in [1.165, 1.54) is 16.8 Å². The number of rotatable bonds is 11. The summed E-state index contributed by atoms with van der Waals surface area (Å²) in [6.45, 7) is 5.15. The van der Waals surface area contributed by atoms with Crippen molar-refractivity contribution in [2.24, 2.45) is 0 Å². The van der Waals surface area contributed by atoms with Gasteiger partial charge in [0, 0.05) is 24.2 Å². The molecule has 3 aromatic rings. The molecule has 0 aliphatic rings. The van der Waals surface area contributed by atoms with Crippen molar-refractivity contribution < 1.29 is 18.3 Å². The van der Waals surface area contributed by atoms with E-state index in [9.17, 15) is 23.1 Å². The van der Waals surface area contributed by atoms with Gasteiger partial charge in [-0.15, -0.1) is 0 Å². The average Bonchev–Trinajstić information content (AvgIpc) is 2.80. The molecule has 3 rings (SSSR count). The highest BCUT2D eigenvalue weighted by Gasteiger charge is 2.56. The molecular weight excluding hydrogens is 467 g/mol. The molecule has 8 heteroatoms. The molecule has 2 N–H and O–H groups in total. The largest absolute Gasteiger partial charge is 0.418 e. The Morgan fingerprint density at radius 3 is 2.44 bits per heavy atom. The molecule has 0 aliphatic heterocycles. The van der Waals surface area contributed by atoms with E-state index < -0.39 is 30.2 Å². The van der Waals surface area contributed by atoms with Crippen molar-refractivity contribution in [3.63, 3.8) is 0 Å². The van der Waals surface area contributed by atoms with Crippen molar-refractivity contribution in [2.45, 2.75) is 57.0 Å². The summed E-state index contributed by atoms with van der Waals surface area (Å²) in [5, 5.41) is 14.8. The summed E-state index contributed by atoms with van der Waals surface area (Å²) >= 11 is 0. The Hall–Kier alpha value is -2.68. The van der Waals surface area contributed by atoms with E-state index in [1.54, 1.807) is 44.2 Å². The average molecular weight is 504 g/mol. The Labute approximate surface area is 210 Å². The summed E-state index contributed by atoms with van der Waals surface area (Å²) < 4.78 is 44.4. The number of hydrogen-bond donors (Lipinski definition) is 2. The Kier molecular flexibility index (Phi) is 8.64. The molecule has 0 radical (unpaired) electrons. The SMILES string of the molecule is CN(C)CCCNCc1cccc(C(C)(C)CC(O)(Cn2ccc(=O)c3ccccc32)C(F)(F)F)c1. The maximum atomic E-state index is 14.4. The maximum Gasteiger partial charge on any atom is 0.418 e. The zero-order chi connectivity index (χ0) is 26.6. The summed E-state index contributed by atoms with van der Waals surface area (Å²) in [6, 6.07) is 15.2. The molecule has 0 amide bonds. The van der Waals surface area contributed by atoms with Crippen LogP contribution in [0.5, 0.6) is 0 Å². The van der Waals surface area contributed by atoms with Crippen molar-refractivity contribution in [3.05, 3.63) is 82.1 Å². The Balaban J connectivity index is 1.83. The van der Waals surface area contributed by atoms with Crippen molar-refractivity contribution in [1.29, 1.82) is 0 Å². The third kappa shape index (κ3) is 6.75. The first kappa shape index (κ1) is 27.9. The van der Waals surface area contributed by atoms with E-state index in [-0.39, 0.29) is 5.43 Å². The molecule has 36 heavy (non-hydrogen) atoms. The van der Waals surface area contributed by atoms with Gasteiger partial charge in [-0.1, -0.05) is 50.2 Å². The first-order valence-electron chi connectivity index (χ1n) is 12.1. The number of fused-ring (bicyclic) bond motifs is 1. The first-order valence-corrected chi connectivity index (χ1v) is 12.1. The first-order chi connectivity index (χ1) is 16.8. The lowest BCUT2D eigenvalue weighted by Gasteiger charge is -2.38. The van der Waals surface area contributed by atoms with E-state index in [2.05, 4.69) is 10.2 Å². The van der Waals surface area contributed by atoms with E-state index in [4.69, 9.17) is 0 Å². The lowest BCUT2D eigenvalue weighted by molar-refractivity contribution is -0.271. The van der Waals surface area contributed by atoms with E-state index >= 15 is 0 Å². The third-order valence-electron chi connectivity index (χ3n) is 6.58. The summed E-state index contributed by atoms with van der Waals surface area (Å²) in [5.41, 5.74) is -2.19. The Morgan fingerprint density at radius 1 is 1.03 bits per heavy atom. The summed E-state index contributed by atoms with van der Waals surface area (Å²) in [6.07, 6.45) is -3.10. The number of aromatic nitrogens is 1. The van der Waals surface area contributed by atoms with E-state index in [0.29, 0.717) is 17.4 Å². The molecule has 1 atom stereocenters. The highest BCUT2D eigenvalue weighted by atomic mass is 19.4. The number of nitrogens with one attached hydrogen (secondary N) is 1. The smallest absolute Gasteiger partial charge is 0.379 e. The second-order valence-electron chi connectivity index (χ2n) is 10.4. The minimum atomic E-state index is -4.87. The molecule has 5 nitrogen and oxygen atoms in total. The molecule has 0 saturated heterocycles. The van der Waals surface area contributed by atoms with Crippen LogP contribution >= 0.6 is 0 Å². The van der Waals surface area contributed by atoms with Gasteiger partial charge in [0.05, 0.1) is 12.1 Å². The van der Waals surface area contributed by atoms with Crippen LogP contribution < -0.4 is 10.7 Å². The summed E-state index contributed by atoms with van der Waals surface area (Å²) in [5.74, 6) is 0. The van der Waals surface area contributed by atoms with Crippen molar-refractivity contribution in [3.8, 4) is 0 Å². The van der Waals surface area contributed by atoms with Crippen LogP contribution in [0.15, 0.2) is 65.6 Å². The topological polar surface area (TPSA) is 57.5 Å². The number of nitrogens with zero attached hydrogens (tertiary/aromatic N) is 2. The van der Waals surface area contributed by atoms with Crippen molar-refractivity contribution in [2.75, 3.05) is 27.2 Å². The fraction of sp³-hybridized carbons (Fsp3) is 0.464. The predicted molar refractivity (Wildman–Crippen MR) is 138 cm³/mol. The van der Waals surface area contributed by atoms with Gasteiger partial charge in [0.1, 0.15) is 0 Å². The second kappa shape index (κ2) is 11.2. The number of para-hydroxylation sites is 1. The Morgan fingerprint density at radius 2 is 1.75 bits per heavy atom. The van der Waals surface area contributed by atoms with Crippen LogP contribution in [0, 0.1) is 0 Å². The number of aliphatic hydroxyl groups is 1. The third-order valence-corrected chi connectivity index (χ3v) is 6.58. The lowest BCUT2D eigenvalue weighted by Crippen LogP contribution is -2.52. The van der Waals surface area contributed by atoms with Crippen LogP contribution in [-0.4, -0.2) is 53.5 Å². The minimum Gasteiger partial charge on any atom is -0.379 e. The van der Waals surface area contributed by atoms with Crippen LogP contribution in [-0.2, 0) is 18.5 Å². The van der Waals surface area contributed by atoms with E-state index in [0.717, 1.165) is 30.6 Å². The molecule has 1 heterocycles. The maximum absolute atomic E-state index is 14.4. The van der Waals surface area contributed by atoms with Gasteiger partial charge in [0.25, 0.3) is 0 Å². The van der Waals surface area contributed by atoms with Crippen LogP contribution in [0.3, 0.4) is 0 Å². The predicted octanol–water partition coefficient (Wildman–Crippen LogP) is 4.70. The number of pyridine rings is 1. The number of halogens is 3. The normalized spacial score (nSPS) is 14.4. The van der Waals surface area contributed by atoms with Crippen LogP contribution in [0.2, 0.25) is 0 Å². The highest BCUT2D eigenvalue weighted by molar-refractivity contribution is 5.78. The summed E-state index contributed by atoms with van der Waals surface area (Å²) in [7, 11) is 4.04. The van der Waals surface area contributed by atoms with Gasteiger partial charge >= 0.3 is 6.18 Å². The molecule has 0 bridgehead atoms. The monoisotopic (exact) mass is 503 g/mol. The highest BCUT2D eigenvalue weighted by Crippen LogP contribution is 2.42. The molecule has 196 valence electrons. The fourth-order valence-electron chi connectivity index (χ4n) is 4.61. The number of alkyl halides is 3. The van der Waals surface area contributed by atoms with Gasteiger partial charge in [-0.3, -0.25) is 4.79 Å². The minimum absolute atomic E-state index is 0.273. The lowest BCUT2D eigenvalue weighted by atomic mass is 9.74. The van der Waals surface area contributed by atoms with Gasteiger partial charge in [0.2, 0.25) is 0 Å². The van der Waals surface area contributed by atoms with Crippen LogP contribution in [0.4, 0.5) is 13.2 Å². The number of benzene rings is 2. The molecule has 0 fully saturated rings. The summed E-state index contributed by atoms with van der Waals surface area (Å²) in [4.78, 5) is 14.3. The van der Waals surface area contributed by atoms with Crippen LogP contribution in [0.1, 0.15) is 37.8 Å². The Bertz CT molecular complexity index is 1220. The molecule has 0 saturated carbocycles. The molecule has 0 aliphatic carbocycles. The molecule has 2 aromatic carbocycles. The zero-order valence-corrected chi connectivity index (χ0v) is 21.4. The molecule has 1 unspecified atom stereocenters. The quantitative estimate of drug-likeness (QED) is 0.373. The van der Waals surface area contributed by atoms with Crippen molar-refractivity contribution >= 4 is 10.9 Å². The standard InChI is InChI=1S/C28H36F3N3O2/c1-26(2,22-10-7-9-21(17-22)18-32-14-8-15-33(3)4)19-27(36,28(29,30)31)20-34-16-13-25(35)23-11-5-6-12-24(23)34/h5-7,9-13,16-17,32,36H,8,14-15,18-20H2,1-4H3. The van der Waals surface area contributed by atoms with Gasteiger partial charge in [-0.05, 0) is 68.7 Å². The van der Waals surface area contributed by atoms with Gasteiger partial charge in [-0.2, -0.15) is 13.2 Å².